The Bertz CT molecular complexity index is 871. The van der Waals surface area contributed by atoms with Crippen molar-refractivity contribution in [1.82, 2.24) is 4.90 Å². The van der Waals surface area contributed by atoms with Crippen LogP contribution in [0, 0.1) is 10.1 Å². The van der Waals surface area contributed by atoms with Crippen molar-refractivity contribution in [2.45, 2.75) is 6.42 Å². The second-order valence-corrected chi connectivity index (χ2v) is 6.01. The normalized spacial score (nSPS) is 13.0. The number of ketones is 2. The van der Waals surface area contributed by atoms with E-state index >= 15 is 0 Å². The number of nitro benzene ring substituents is 1. The number of benzene rings is 2. The summed E-state index contributed by atoms with van der Waals surface area (Å²) in [5, 5.41) is 11.6. The minimum atomic E-state index is -0.553. The molecular formula is C18H16N2O4. The number of nitrogens with zero attached hydrogens (tertiary/aromatic N) is 2. The Kier molecular flexibility index (Phi) is 3.99. The molecule has 24 heavy (non-hydrogen) atoms. The third kappa shape index (κ3) is 2.51. The molecule has 2 aromatic carbocycles. The molecule has 0 amide bonds. The highest BCUT2D eigenvalue weighted by molar-refractivity contribution is 6.29. The molecule has 0 radical (unpaired) electrons. The molecule has 0 bridgehead atoms. The summed E-state index contributed by atoms with van der Waals surface area (Å²) in [5.74, 6) is -0.805. The van der Waals surface area contributed by atoms with Gasteiger partial charge in [0, 0.05) is 28.8 Å². The molecule has 0 aliphatic heterocycles. The molecule has 6 nitrogen and oxygen atoms in total. The first-order chi connectivity index (χ1) is 11.4. The average molecular weight is 324 g/mol. The number of fused-ring (bicyclic) bond motifs is 2. The van der Waals surface area contributed by atoms with Crippen molar-refractivity contribution in [3.8, 4) is 0 Å². The highest BCUT2D eigenvalue weighted by Crippen LogP contribution is 2.35. The maximum absolute atomic E-state index is 12.8. The number of hydrogen-bond acceptors (Lipinski definition) is 5. The molecule has 0 atom stereocenters. The van der Waals surface area contributed by atoms with Crippen molar-refractivity contribution >= 4 is 17.3 Å². The van der Waals surface area contributed by atoms with Gasteiger partial charge in [-0.3, -0.25) is 19.7 Å². The van der Waals surface area contributed by atoms with Gasteiger partial charge in [0.2, 0.25) is 5.78 Å². The first-order valence-electron chi connectivity index (χ1n) is 7.55. The molecule has 1 aliphatic rings. The Balaban J connectivity index is 2.21. The zero-order valence-electron chi connectivity index (χ0n) is 13.4. The first kappa shape index (κ1) is 16.0. The first-order valence-corrected chi connectivity index (χ1v) is 7.55. The van der Waals surface area contributed by atoms with Gasteiger partial charge in [-0.1, -0.05) is 30.3 Å². The van der Waals surface area contributed by atoms with Crippen molar-refractivity contribution in [3.63, 3.8) is 0 Å². The second kappa shape index (κ2) is 5.98. The maximum Gasteiger partial charge on any atom is 0.284 e. The van der Waals surface area contributed by atoms with Gasteiger partial charge in [-0.25, -0.2) is 0 Å². The van der Waals surface area contributed by atoms with E-state index in [-0.39, 0.29) is 28.2 Å². The van der Waals surface area contributed by atoms with Crippen LogP contribution in [0.3, 0.4) is 0 Å². The molecular weight excluding hydrogens is 308 g/mol. The van der Waals surface area contributed by atoms with Crippen LogP contribution in [0.25, 0.3) is 0 Å². The van der Waals surface area contributed by atoms with Crippen molar-refractivity contribution in [1.29, 1.82) is 0 Å². The minimum Gasteiger partial charge on any atom is -0.309 e. The summed E-state index contributed by atoms with van der Waals surface area (Å²) in [4.78, 5) is 38.4. The lowest BCUT2D eigenvalue weighted by Gasteiger charge is -2.19. The lowest BCUT2D eigenvalue weighted by molar-refractivity contribution is -0.385. The number of carbonyl (C=O) groups excluding carboxylic acids is 2. The van der Waals surface area contributed by atoms with Crippen molar-refractivity contribution < 1.29 is 14.5 Å². The Morgan fingerprint density at radius 1 is 0.958 bits per heavy atom. The van der Waals surface area contributed by atoms with Crippen LogP contribution in [0.1, 0.15) is 37.4 Å². The van der Waals surface area contributed by atoms with Gasteiger partial charge < -0.3 is 4.90 Å². The van der Waals surface area contributed by atoms with Crippen LogP contribution < -0.4 is 0 Å². The summed E-state index contributed by atoms with van der Waals surface area (Å²) in [6, 6.07) is 9.55. The Hall–Kier alpha value is -2.86. The smallest absolute Gasteiger partial charge is 0.284 e. The topological polar surface area (TPSA) is 80.5 Å². The number of carbonyl (C=O) groups is 2. The van der Waals surface area contributed by atoms with Gasteiger partial charge in [0.15, 0.2) is 5.78 Å². The molecule has 0 heterocycles. The molecule has 1 aliphatic carbocycles. The van der Waals surface area contributed by atoms with Crippen LogP contribution in [-0.4, -0.2) is 42.0 Å². The number of likely N-dealkylation sites (N-methyl/N-ethyl adjacent to an activating group) is 1. The van der Waals surface area contributed by atoms with E-state index in [0.717, 1.165) is 0 Å². The Labute approximate surface area is 138 Å². The maximum atomic E-state index is 12.8. The van der Waals surface area contributed by atoms with Crippen molar-refractivity contribution in [2.24, 2.45) is 0 Å². The fraction of sp³-hybridized carbons (Fsp3) is 0.222. The fourth-order valence-corrected chi connectivity index (χ4v) is 2.97. The van der Waals surface area contributed by atoms with E-state index < -0.39 is 10.7 Å². The quantitative estimate of drug-likeness (QED) is 0.544. The van der Waals surface area contributed by atoms with E-state index in [4.69, 9.17) is 0 Å². The molecule has 0 spiro atoms. The van der Waals surface area contributed by atoms with Gasteiger partial charge >= 0.3 is 0 Å². The highest BCUT2D eigenvalue weighted by Gasteiger charge is 2.36. The summed E-state index contributed by atoms with van der Waals surface area (Å²) in [5.41, 5.74) is 0.766. The minimum absolute atomic E-state index is 0.0834. The van der Waals surface area contributed by atoms with E-state index in [2.05, 4.69) is 0 Å². The Morgan fingerprint density at radius 2 is 1.58 bits per heavy atom. The van der Waals surface area contributed by atoms with Crippen molar-refractivity contribution in [2.75, 3.05) is 20.6 Å². The number of nitro groups is 1. The molecule has 0 saturated carbocycles. The van der Waals surface area contributed by atoms with Gasteiger partial charge in [0.1, 0.15) is 5.56 Å². The van der Waals surface area contributed by atoms with Gasteiger partial charge in [-0.05, 0) is 26.6 Å². The monoisotopic (exact) mass is 324 g/mol. The molecule has 6 heteroatoms. The van der Waals surface area contributed by atoms with E-state index in [1.807, 2.05) is 19.0 Å². The van der Waals surface area contributed by atoms with E-state index in [1.165, 1.54) is 12.1 Å². The molecule has 0 unspecified atom stereocenters. The number of rotatable bonds is 4. The molecule has 2 aromatic rings. The van der Waals surface area contributed by atoms with Gasteiger partial charge in [0.25, 0.3) is 5.69 Å². The largest absolute Gasteiger partial charge is 0.309 e. The molecule has 122 valence electrons. The summed E-state index contributed by atoms with van der Waals surface area (Å²) >= 11 is 0. The highest BCUT2D eigenvalue weighted by atomic mass is 16.6. The van der Waals surface area contributed by atoms with Gasteiger partial charge in [-0.15, -0.1) is 0 Å². The summed E-state index contributed by atoms with van der Waals surface area (Å²) in [7, 11) is 3.74. The molecule has 0 N–H and O–H groups in total. The van der Waals surface area contributed by atoms with Crippen LogP contribution >= 0.6 is 0 Å². The van der Waals surface area contributed by atoms with Crippen LogP contribution in [0.15, 0.2) is 36.4 Å². The predicted molar refractivity (Wildman–Crippen MR) is 88.7 cm³/mol. The van der Waals surface area contributed by atoms with Crippen molar-refractivity contribution in [3.05, 3.63) is 74.3 Å². The van der Waals surface area contributed by atoms with Crippen LogP contribution in [-0.2, 0) is 6.42 Å². The Morgan fingerprint density at radius 3 is 2.17 bits per heavy atom. The summed E-state index contributed by atoms with van der Waals surface area (Å²) in [6.45, 7) is 0.609. The summed E-state index contributed by atoms with van der Waals surface area (Å²) < 4.78 is 0. The molecule has 0 saturated heterocycles. The molecule has 0 fully saturated rings. The SMILES string of the molecule is CN(C)CCc1ccc2c(c1[N+](=O)[O-])C(=O)c1ccccc1C2=O. The van der Waals surface area contributed by atoms with Crippen LogP contribution in [0.5, 0.6) is 0 Å². The lowest BCUT2D eigenvalue weighted by atomic mass is 9.82. The summed E-state index contributed by atoms with van der Waals surface area (Å²) in [6.07, 6.45) is 0.430. The van der Waals surface area contributed by atoms with E-state index in [9.17, 15) is 19.7 Å². The standard InChI is InChI=1S/C18H16N2O4/c1-19(2)10-9-11-7-8-14-15(16(11)20(23)24)18(22)13-6-4-3-5-12(13)17(14)21/h3-8H,9-10H2,1-2H3. The molecule has 3 rings (SSSR count). The third-order valence-electron chi connectivity index (χ3n) is 4.16. The lowest BCUT2D eigenvalue weighted by Crippen LogP contribution is -2.23. The molecule has 0 aromatic heterocycles. The third-order valence-corrected chi connectivity index (χ3v) is 4.16. The zero-order chi connectivity index (χ0) is 17.4. The number of hydrogen-bond donors (Lipinski definition) is 0. The van der Waals surface area contributed by atoms with Gasteiger partial charge in [0.05, 0.1) is 4.92 Å². The van der Waals surface area contributed by atoms with E-state index in [1.54, 1.807) is 24.3 Å². The average Bonchev–Trinajstić information content (AvgIpc) is 2.56. The van der Waals surface area contributed by atoms with E-state index in [0.29, 0.717) is 24.1 Å². The van der Waals surface area contributed by atoms with Crippen LogP contribution in [0.4, 0.5) is 5.69 Å². The van der Waals surface area contributed by atoms with Gasteiger partial charge in [-0.2, -0.15) is 0 Å². The fourth-order valence-electron chi connectivity index (χ4n) is 2.97. The zero-order valence-corrected chi connectivity index (χ0v) is 13.4. The van der Waals surface area contributed by atoms with Crippen LogP contribution in [0.2, 0.25) is 0 Å². The predicted octanol–water partition coefficient (Wildman–Crippen LogP) is 2.47. The second-order valence-electron chi connectivity index (χ2n) is 6.01.